The van der Waals surface area contributed by atoms with Crippen LogP contribution in [0.2, 0.25) is 0 Å². The van der Waals surface area contributed by atoms with E-state index in [1.807, 2.05) is 0 Å². The third-order valence-electron chi connectivity index (χ3n) is 12.0. The second kappa shape index (κ2) is 13.0. The molecule has 4 nitrogen and oxygen atoms in total. The Kier molecular flexibility index (Phi) is 7.32. The van der Waals surface area contributed by atoms with Crippen LogP contribution in [-0.2, 0) is 6.42 Å². The van der Waals surface area contributed by atoms with Crippen LogP contribution in [-0.4, -0.2) is 19.1 Å². The van der Waals surface area contributed by atoms with Crippen LogP contribution in [0.4, 0.5) is 0 Å². The Morgan fingerprint density at radius 1 is 0.431 bits per heavy atom. The minimum absolute atomic E-state index is 0.711. The Morgan fingerprint density at radius 3 is 1.97 bits per heavy atom. The Labute approximate surface area is 335 Å². The monoisotopic (exact) mass is 740 g/mol. The van der Waals surface area contributed by atoms with Gasteiger partial charge < -0.3 is 4.57 Å². The SMILES string of the molecule is C1=Cc2c(n(-c3nc(-c4ccc5c(c4)c4ccccc4n5-c4ccc(-c5cccc(-c6ccccc6)c5)cc4)c4ccccc4n3)c3ccc4ccccc4c23)CC1. The van der Waals surface area contributed by atoms with E-state index in [1.165, 1.54) is 66.0 Å². The average molecular weight is 741 g/mol. The summed E-state index contributed by atoms with van der Waals surface area (Å²) in [5.74, 6) is 0.711. The smallest absolute Gasteiger partial charge is 0.235 e. The Morgan fingerprint density at radius 2 is 1.10 bits per heavy atom. The van der Waals surface area contributed by atoms with Gasteiger partial charge in [-0.15, -0.1) is 0 Å². The second-order valence-corrected chi connectivity index (χ2v) is 15.3. The van der Waals surface area contributed by atoms with Crippen molar-refractivity contribution in [1.82, 2.24) is 19.1 Å². The largest absolute Gasteiger partial charge is 0.309 e. The van der Waals surface area contributed by atoms with Gasteiger partial charge in [-0.2, -0.15) is 0 Å². The summed E-state index contributed by atoms with van der Waals surface area (Å²) in [7, 11) is 0. The third kappa shape index (κ3) is 5.08. The lowest BCUT2D eigenvalue weighted by Crippen LogP contribution is -2.08. The van der Waals surface area contributed by atoms with Gasteiger partial charge in [0.05, 0.1) is 27.8 Å². The number of para-hydroxylation sites is 2. The molecule has 58 heavy (non-hydrogen) atoms. The second-order valence-electron chi connectivity index (χ2n) is 15.3. The molecule has 4 heteroatoms. The van der Waals surface area contributed by atoms with Gasteiger partial charge in [0.25, 0.3) is 0 Å². The van der Waals surface area contributed by atoms with Gasteiger partial charge in [-0.1, -0.05) is 146 Å². The van der Waals surface area contributed by atoms with Gasteiger partial charge in [0.2, 0.25) is 5.95 Å². The predicted molar refractivity (Wildman–Crippen MR) is 242 cm³/mol. The molecule has 0 spiro atoms. The molecule has 0 saturated heterocycles. The molecule has 0 radical (unpaired) electrons. The summed E-state index contributed by atoms with van der Waals surface area (Å²) in [5.41, 5.74) is 14.9. The molecule has 1 aliphatic rings. The molecule has 272 valence electrons. The van der Waals surface area contributed by atoms with Crippen LogP contribution in [0.3, 0.4) is 0 Å². The van der Waals surface area contributed by atoms with Gasteiger partial charge in [0.15, 0.2) is 0 Å². The molecule has 3 aromatic heterocycles. The maximum absolute atomic E-state index is 5.49. The molecule has 0 unspecified atom stereocenters. The van der Waals surface area contributed by atoms with Gasteiger partial charge in [0, 0.05) is 44.1 Å². The molecule has 0 aliphatic heterocycles. The first-order chi connectivity index (χ1) is 28.8. The Hall–Kier alpha value is -7.56. The van der Waals surface area contributed by atoms with Crippen LogP contribution in [0.5, 0.6) is 0 Å². The summed E-state index contributed by atoms with van der Waals surface area (Å²) in [4.78, 5) is 10.8. The lowest BCUT2D eigenvalue weighted by atomic mass is 9.98. The molecular formula is C54H36N4. The molecule has 0 bridgehead atoms. The van der Waals surface area contributed by atoms with Crippen LogP contribution >= 0.6 is 0 Å². The first-order valence-corrected chi connectivity index (χ1v) is 20.1. The number of fused-ring (bicyclic) bond motifs is 9. The molecule has 0 saturated carbocycles. The van der Waals surface area contributed by atoms with E-state index in [-0.39, 0.29) is 0 Å². The summed E-state index contributed by atoms with van der Waals surface area (Å²) in [6, 6.07) is 65.5. The molecule has 0 fully saturated rings. The van der Waals surface area contributed by atoms with Crippen LogP contribution < -0.4 is 0 Å². The highest BCUT2D eigenvalue weighted by Crippen LogP contribution is 2.40. The van der Waals surface area contributed by atoms with Gasteiger partial charge in [-0.3, -0.25) is 4.57 Å². The van der Waals surface area contributed by atoms with Crippen LogP contribution in [0.25, 0.3) is 106 Å². The molecule has 0 atom stereocenters. The van der Waals surface area contributed by atoms with E-state index in [4.69, 9.17) is 9.97 Å². The third-order valence-corrected chi connectivity index (χ3v) is 12.0. The fourth-order valence-electron chi connectivity index (χ4n) is 9.31. The number of rotatable bonds is 5. The standard InChI is InChI=1S/C54H36N4/c1-2-13-35(14-3-1)38-16-12-17-39(33-38)36-25-29-41(30-26-36)57-48-23-10-7-19-43(48)46-34-40(28-31-50(46)57)53-44-20-6-9-22-47(44)55-54(56-53)58-49-24-11-8-21-45(49)52-42-18-5-4-15-37(42)27-32-51(52)58/h1-10,12-23,25-34H,11,24H2. The molecule has 11 aromatic rings. The minimum atomic E-state index is 0.711. The van der Waals surface area contributed by atoms with Crippen LogP contribution in [0, 0.1) is 0 Å². The Bertz CT molecular complexity index is 3440. The van der Waals surface area contributed by atoms with E-state index in [2.05, 4.69) is 203 Å². The highest BCUT2D eigenvalue weighted by molar-refractivity contribution is 6.13. The predicted octanol–water partition coefficient (Wildman–Crippen LogP) is 13.8. The zero-order valence-corrected chi connectivity index (χ0v) is 31.7. The van der Waals surface area contributed by atoms with Gasteiger partial charge in [-0.05, 0) is 94.4 Å². The summed E-state index contributed by atoms with van der Waals surface area (Å²) in [5, 5.41) is 7.21. The highest BCUT2D eigenvalue weighted by atomic mass is 15.2. The van der Waals surface area contributed by atoms with Crippen molar-refractivity contribution >= 4 is 60.5 Å². The fourth-order valence-corrected chi connectivity index (χ4v) is 9.31. The van der Waals surface area contributed by atoms with Crippen molar-refractivity contribution in [3.8, 4) is 45.1 Å². The van der Waals surface area contributed by atoms with Crippen molar-refractivity contribution in [2.45, 2.75) is 12.8 Å². The molecule has 1 aliphatic carbocycles. The van der Waals surface area contributed by atoms with Crippen LogP contribution in [0.1, 0.15) is 17.7 Å². The van der Waals surface area contributed by atoms with Gasteiger partial charge in [0.1, 0.15) is 0 Å². The number of hydrogen-bond donors (Lipinski definition) is 0. The van der Waals surface area contributed by atoms with Gasteiger partial charge in [-0.25, -0.2) is 9.97 Å². The molecule has 3 heterocycles. The molecule has 0 amide bonds. The van der Waals surface area contributed by atoms with E-state index < -0.39 is 0 Å². The van der Waals surface area contributed by atoms with Crippen molar-refractivity contribution in [1.29, 1.82) is 0 Å². The van der Waals surface area contributed by atoms with Crippen LogP contribution in [0.15, 0.2) is 188 Å². The normalized spacial score (nSPS) is 12.6. The van der Waals surface area contributed by atoms with Crippen molar-refractivity contribution in [2.24, 2.45) is 0 Å². The quantitative estimate of drug-likeness (QED) is 0.176. The van der Waals surface area contributed by atoms with E-state index in [1.54, 1.807) is 0 Å². The summed E-state index contributed by atoms with van der Waals surface area (Å²) in [6.45, 7) is 0. The maximum atomic E-state index is 5.49. The van der Waals surface area contributed by atoms with E-state index in [0.717, 1.165) is 51.7 Å². The van der Waals surface area contributed by atoms with Crippen molar-refractivity contribution < 1.29 is 0 Å². The van der Waals surface area contributed by atoms with Crippen molar-refractivity contribution in [2.75, 3.05) is 0 Å². The summed E-state index contributed by atoms with van der Waals surface area (Å²) < 4.78 is 4.71. The number of hydrogen-bond acceptors (Lipinski definition) is 2. The first-order valence-electron chi connectivity index (χ1n) is 20.1. The number of aromatic nitrogens is 4. The molecule has 12 rings (SSSR count). The molecular weight excluding hydrogens is 705 g/mol. The lowest BCUT2D eigenvalue weighted by molar-refractivity contribution is 0.852. The van der Waals surface area contributed by atoms with Crippen molar-refractivity contribution in [3.05, 3.63) is 199 Å². The van der Waals surface area contributed by atoms with E-state index in [9.17, 15) is 0 Å². The van der Waals surface area contributed by atoms with Crippen molar-refractivity contribution in [3.63, 3.8) is 0 Å². The summed E-state index contributed by atoms with van der Waals surface area (Å²) in [6.07, 6.45) is 6.53. The number of nitrogens with zero attached hydrogens (tertiary/aromatic N) is 4. The highest BCUT2D eigenvalue weighted by Gasteiger charge is 2.23. The van der Waals surface area contributed by atoms with Gasteiger partial charge >= 0.3 is 0 Å². The lowest BCUT2D eigenvalue weighted by Gasteiger charge is -2.15. The van der Waals surface area contributed by atoms with E-state index >= 15 is 0 Å². The summed E-state index contributed by atoms with van der Waals surface area (Å²) >= 11 is 0. The number of benzene rings is 8. The Balaban J connectivity index is 1.01. The fraction of sp³-hybridized carbons (Fsp3) is 0.0370. The zero-order chi connectivity index (χ0) is 38.2. The zero-order valence-electron chi connectivity index (χ0n) is 31.7. The molecule has 0 N–H and O–H groups in total. The molecule has 8 aromatic carbocycles. The average Bonchev–Trinajstić information content (AvgIpc) is 3.82. The first kappa shape index (κ1) is 32.7. The minimum Gasteiger partial charge on any atom is -0.309 e. The topological polar surface area (TPSA) is 35.6 Å². The maximum Gasteiger partial charge on any atom is 0.235 e. The van der Waals surface area contributed by atoms with E-state index in [0.29, 0.717) is 5.95 Å². The number of allylic oxidation sites excluding steroid dienone is 1.